The standard InChI is InChI=1S/C21H34O3S/c1-4-19(22)24-9-7-21-13-17-10-18(14-21)12-20(11-17,15-21)6-8-23-16(3)25-5-2/h4,16-18H,1,5-15H2,2-3H3. The van der Waals surface area contributed by atoms with Gasteiger partial charge in [0.05, 0.1) is 12.0 Å². The molecule has 4 aliphatic rings. The van der Waals surface area contributed by atoms with Crippen molar-refractivity contribution in [2.24, 2.45) is 22.7 Å². The van der Waals surface area contributed by atoms with E-state index in [0.717, 1.165) is 30.6 Å². The molecule has 0 saturated heterocycles. The van der Waals surface area contributed by atoms with Gasteiger partial charge in [0.2, 0.25) is 0 Å². The highest BCUT2D eigenvalue weighted by atomic mass is 32.2. The number of carbonyl (C=O) groups excluding carboxylic acids is 1. The number of rotatable bonds is 10. The van der Waals surface area contributed by atoms with Crippen LogP contribution in [-0.4, -0.2) is 30.4 Å². The van der Waals surface area contributed by atoms with Crippen LogP contribution >= 0.6 is 11.8 Å². The summed E-state index contributed by atoms with van der Waals surface area (Å²) in [5.41, 5.74) is 1.21. The fraction of sp³-hybridized carbons (Fsp3) is 0.857. The maximum atomic E-state index is 11.4. The molecule has 4 rings (SSSR count). The highest BCUT2D eigenvalue weighted by Gasteiger charge is 2.56. The fourth-order valence-corrected chi connectivity index (χ4v) is 7.05. The van der Waals surface area contributed by atoms with Crippen LogP contribution in [0.25, 0.3) is 0 Å². The lowest BCUT2D eigenvalue weighted by Gasteiger charge is -2.62. The molecule has 3 unspecified atom stereocenters. The molecule has 3 nitrogen and oxygen atoms in total. The predicted octanol–water partition coefficient (Wildman–Crippen LogP) is 5.20. The molecule has 4 aliphatic carbocycles. The van der Waals surface area contributed by atoms with Gasteiger partial charge >= 0.3 is 5.97 Å². The summed E-state index contributed by atoms with van der Waals surface area (Å²) in [5.74, 6) is 2.61. The largest absolute Gasteiger partial charge is 0.463 e. The lowest BCUT2D eigenvalue weighted by atomic mass is 9.43. The van der Waals surface area contributed by atoms with Gasteiger partial charge in [0, 0.05) is 12.7 Å². The van der Waals surface area contributed by atoms with Crippen molar-refractivity contribution in [2.75, 3.05) is 19.0 Å². The molecule has 0 spiro atoms. The number of esters is 1. The minimum absolute atomic E-state index is 0.282. The molecule has 0 N–H and O–H groups in total. The quantitative estimate of drug-likeness (QED) is 0.302. The second kappa shape index (κ2) is 8.04. The van der Waals surface area contributed by atoms with Gasteiger partial charge in [0.25, 0.3) is 0 Å². The zero-order valence-corrected chi connectivity index (χ0v) is 16.7. The molecular weight excluding hydrogens is 332 g/mol. The minimum atomic E-state index is -0.282. The lowest BCUT2D eigenvalue weighted by Crippen LogP contribution is -2.52. The Morgan fingerprint density at radius 3 is 2.36 bits per heavy atom. The van der Waals surface area contributed by atoms with E-state index in [1.807, 2.05) is 11.8 Å². The third-order valence-electron chi connectivity index (χ3n) is 6.73. The van der Waals surface area contributed by atoms with Crippen molar-refractivity contribution in [3.63, 3.8) is 0 Å². The Kier molecular flexibility index (Phi) is 6.20. The second-order valence-corrected chi connectivity index (χ2v) is 10.3. The minimum Gasteiger partial charge on any atom is -0.463 e. The van der Waals surface area contributed by atoms with Crippen LogP contribution < -0.4 is 0 Å². The monoisotopic (exact) mass is 366 g/mol. The van der Waals surface area contributed by atoms with E-state index in [9.17, 15) is 4.79 Å². The molecule has 4 fully saturated rings. The van der Waals surface area contributed by atoms with Crippen LogP contribution in [0.5, 0.6) is 0 Å². The Morgan fingerprint density at radius 1 is 1.20 bits per heavy atom. The third kappa shape index (κ3) is 4.63. The van der Waals surface area contributed by atoms with Gasteiger partial charge in [-0.05, 0) is 86.7 Å². The first-order valence-corrected chi connectivity index (χ1v) is 11.1. The summed E-state index contributed by atoms with van der Waals surface area (Å²) in [7, 11) is 0. The summed E-state index contributed by atoms with van der Waals surface area (Å²) in [6, 6.07) is 0. The second-order valence-electron chi connectivity index (χ2n) is 8.73. The molecule has 4 bridgehead atoms. The van der Waals surface area contributed by atoms with Crippen molar-refractivity contribution in [1.29, 1.82) is 0 Å². The summed E-state index contributed by atoms with van der Waals surface area (Å²) >= 11 is 1.88. The first-order chi connectivity index (χ1) is 12.0. The Morgan fingerprint density at radius 2 is 1.80 bits per heavy atom. The molecule has 3 atom stereocenters. The van der Waals surface area contributed by atoms with E-state index < -0.39 is 0 Å². The van der Waals surface area contributed by atoms with Crippen LogP contribution in [0.1, 0.15) is 65.2 Å². The van der Waals surface area contributed by atoms with Crippen molar-refractivity contribution in [1.82, 2.24) is 0 Å². The molecular formula is C21H34O3S. The van der Waals surface area contributed by atoms with Gasteiger partial charge < -0.3 is 9.47 Å². The first-order valence-electron chi connectivity index (χ1n) is 10.0. The Hall–Kier alpha value is -0.480. The van der Waals surface area contributed by atoms with E-state index in [1.165, 1.54) is 51.0 Å². The summed E-state index contributed by atoms with van der Waals surface area (Å²) in [5, 5.41) is 0. The first kappa shape index (κ1) is 19.3. The molecule has 4 saturated carbocycles. The molecule has 0 heterocycles. The molecule has 25 heavy (non-hydrogen) atoms. The van der Waals surface area contributed by atoms with Gasteiger partial charge in [-0.2, -0.15) is 0 Å². The normalized spacial score (nSPS) is 37.0. The van der Waals surface area contributed by atoms with Crippen LogP contribution in [0.2, 0.25) is 0 Å². The summed E-state index contributed by atoms with van der Waals surface area (Å²) in [6.07, 6.45) is 11.8. The van der Waals surface area contributed by atoms with Crippen LogP contribution in [0.15, 0.2) is 12.7 Å². The van der Waals surface area contributed by atoms with Gasteiger partial charge in [-0.3, -0.25) is 0 Å². The van der Waals surface area contributed by atoms with Crippen LogP contribution in [0.4, 0.5) is 0 Å². The van der Waals surface area contributed by atoms with Gasteiger partial charge in [0.15, 0.2) is 0 Å². The molecule has 0 aliphatic heterocycles. The fourth-order valence-electron chi connectivity index (χ4n) is 6.39. The molecule has 142 valence electrons. The van der Waals surface area contributed by atoms with E-state index >= 15 is 0 Å². The van der Waals surface area contributed by atoms with E-state index in [1.54, 1.807) is 0 Å². The lowest BCUT2D eigenvalue weighted by molar-refractivity contribution is -0.145. The van der Waals surface area contributed by atoms with E-state index in [2.05, 4.69) is 20.4 Å². The van der Waals surface area contributed by atoms with Crippen molar-refractivity contribution < 1.29 is 14.3 Å². The topological polar surface area (TPSA) is 35.5 Å². The predicted molar refractivity (Wildman–Crippen MR) is 103 cm³/mol. The van der Waals surface area contributed by atoms with Gasteiger partial charge in [-0.25, -0.2) is 4.79 Å². The summed E-state index contributed by atoms with van der Waals surface area (Å²) < 4.78 is 11.4. The van der Waals surface area contributed by atoms with Crippen LogP contribution in [0.3, 0.4) is 0 Å². The van der Waals surface area contributed by atoms with Crippen molar-refractivity contribution in [2.45, 2.75) is 70.7 Å². The number of hydrogen-bond acceptors (Lipinski definition) is 4. The molecule has 0 amide bonds. The van der Waals surface area contributed by atoms with Crippen molar-refractivity contribution >= 4 is 17.7 Å². The number of carbonyl (C=O) groups is 1. The zero-order valence-electron chi connectivity index (χ0n) is 15.9. The smallest absolute Gasteiger partial charge is 0.330 e. The number of thioether (sulfide) groups is 1. The van der Waals surface area contributed by atoms with Gasteiger partial charge in [-0.15, -0.1) is 11.8 Å². The van der Waals surface area contributed by atoms with Crippen LogP contribution in [0, 0.1) is 22.7 Å². The highest BCUT2D eigenvalue weighted by Crippen LogP contribution is 2.67. The summed E-state index contributed by atoms with van der Waals surface area (Å²) in [6.45, 7) is 9.30. The average molecular weight is 367 g/mol. The van der Waals surface area contributed by atoms with Gasteiger partial charge in [0.1, 0.15) is 0 Å². The number of ether oxygens (including phenoxy) is 2. The van der Waals surface area contributed by atoms with Crippen molar-refractivity contribution in [3.05, 3.63) is 12.7 Å². The van der Waals surface area contributed by atoms with Gasteiger partial charge in [-0.1, -0.05) is 13.5 Å². The van der Waals surface area contributed by atoms with Crippen molar-refractivity contribution in [3.8, 4) is 0 Å². The number of hydrogen-bond donors (Lipinski definition) is 0. The average Bonchev–Trinajstić information content (AvgIpc) is 2.53. The van der Waals surface area contributed by atoms with E-state index in [0.29, 0.717) is 22.9 Å². The molecule has 0 aromatic carbocycles. The van der Waals surface area contributed by atoms with E-state index in [-0.39, 0.29) is 5.97 Å². The Balaban J connectivity index is 1.56. The Bertz CT molecular complexity index is 476. The Labute approximate surface area is 157 Å². The van der Waals surface area contributed by atoms with E-state index in [4.69, 9.17) is 9.47 Å². The SMILES string of the molecule is C=CC(=O)OCCC12CC3CC(C1)CC(CCOC(C)SCC)(C3)C2. The molecule has 4 heteroatoms. The maximum Gasteiger partial charge on any atom is 0.330 e. The molecule has 0 radical (unpaired) electrons. The highest BCUT2D eigenvalue weighted by molar-refractivity contribution is 7.99. The molecule has 0 aromatic heterocycles. The summed E-state index contributed by atoms with van der Waals surface area (Å²) in [4.78, 5) is 11.4. The maximum absolute atomic E-state index is 11.4. The molecule has 0 aromatic rings. The third-order valence-corrected chi connectivity index (χ3v) is 7.67. The zero-order chi connectivity index (χ0) is 17.9. The van der Waals surface area contributed by atoms with Crippen LogP contribution in [-0.2, 0) is 14.3 Å².